The molecule has 8 heteroatoms. The molecule has 2 aromatic rings. The number of thiophene rings is 1. The van der Waals surface area contributed by atoms with Crippen molar-refractivity contribution in [3.05, 3.63) is 52.2 Å². The fourth-order valence-electron chi connectivity index (χ4n) is 1.85. The van der Waals surface area contributed by atoms with Gasteiger partial charge in [0.1, 0.15) is 0 Å². The molecule has 0 bridgehead atoms. The van der Waals surface area contributed by atoms with Crippen LogP contribution in [0.1, 0.15) is 22.2 Å². The number of carbonyl (C=O) groups excluding carboxylic acids is 2. The van der Waals surface area contributed by atoms with Gasteiger partial charge >= 0.3 is 5.97 Å². The molecule has 0 aliphatic rings. The van der Waals surface area contributed by atoms with E-state index in [4.69, 9.17) is 4.74 Å². The standard InChI is InChI=1S/C16H17NO5S2/c1-11(15(18)17-10-13-4-3-9-23-13)22-16(19)12-5-7-14(8-6-12)24(2,20)21/h3-9,11H,10H2,1-2H3,(H,17,18)/t11-/m0/s1. The predicted octanol–water partition coefficient (Wildman–Crippen LogP) is 2.01. The lowest BCUT2D eigenvalue weighted by Crippen LogP contribution is -2.35. The molecular formula is C16H17NO5S2. The van der Waals surface area contributed by atoms with Crippen LogP contribution in [0.2, 0.25) is 0 Å². The monoisotopic (exact) mass is 367 g/mol. The minimum absolute atomic E-state index is 0.112. The highest BCUT2D eigenvalue weighted by Crippen LogP contribution is 2.12. The van der Waals surface area contributed by atoms with E-state index in [0.29, 0.717) is 6.54 Å². The molecular weight excluding hydrogens is 350 g/mol. The zero-order valence-electron chi connectivity index (χ0n) is 13.2. The smallest absolute Gasteiger partial charge is 0.338 e. The summed E-state index contributed by atoms with van der Waals surface area (Å²) in [4.78, 5) is 25.0. The molecule has 6 nitrogen and oxygen atoms in total. The Balaban J connectivity index is 1.92. The quantitative estimate of drug-likeness (QED) is 0.789. The summed E-state index contributed by atoms with van der Waals surface area (Å²) in [5, 5.41) is 4.59. The highest BCUT2D eigenvalue weighted by atomic mass is 32.2. The Labute approximate surface area is 144 Å². The van der Waals surface area contributed by atoms with Gasteiger partial charge in [-0.3, -0.25) is 4.79 Å². The SMILES string of the molecule is C[C@H](OC(=O)c1ccc(S(C)(=O)=O)cc1)C(=O)NCc1cccs1. The summed E-state index contributed by atoms with van der Waals surface area (Å²) < 4.78 is 27.9. The summed E-state index contributed by atoms with van der Waals surface area (Å²) in [7, 11) is -3.33. The van der Waals surface area contributed by atoms with Crippen LogP contribution < -0.4 is 5.32 Å². The highest BCUT2D eigenvalue weighted by molar-refractivity contribution is 7.90. The van der Waals surface area contributed by atoms with Crippen molar-refractivity contribution in [1.29, 1.82) is 0 Å². The molecule has 1 N–H and O–H groups in total. The molecule has 1 aromatic heterocycles. The Hall–Kier alpha value is -2.19. The van der Waals surface area contributed by atoms with Crippen LogP contribution >= 0.6 is 11.3 Å². The molecule has 0 radical (unpaired) electrons. The molecule has 0 aliphatic heterocycles. The van der Waals surface area contributed by atoms with Gasteiger partial charge in [-0.25, -0.2) is 13.2 Å². The van der Waals surface area contributed by atoms with Crippen molar-refractivity contribution in [2.24, 2.45) is 0 Å². The minimum atomic E-state index is -3.33. The lowest BCUT2D eigenvalue weighted by Gasteiger charge is -2.13. The van der Waals surface area contributed by atoms with E-state index < -0.39 is 27.8 Å². The summed E-state index contributed by atoms with van der Waals surface area (Å²) >= 11 is 1.52. The third-order valence-corrected chi connectivity index (χ3v) is 5.19. The second-order valence-corrected chi connectivity index (χ2v) is 8.19. The summed E-state index contributed by atoms with van der Waals surface area (Å²) in [6.07, 6.45) is 0.132. The Morgan fingerprint density at radius 2 is 1.88 bits per heavy atom. The number of nitrogens with one attached hydrogen (secondary N) is 1. The second kappa shape index (κ2) is 7.59. The second-order valence-electron chi connectivity index (χ2n) is 5.14. The van der Waals surface area contributed by atoms with Crippen molar-refractivity contribution in [2.75, 3.05) is 6.26 Å². The molecule has 0 saturated heterocycles. The van der Waals surface area contributed by atoms with Gasteiger partial charge in [0.15, 0.2) is 15.9 Å². The molecule has 0 fully saturated rings. The van der Waals surface area contributed by atoms with Crippen LogP contribution in [0, 0.1) is 0 Å². The van der Waals surface area contributed by atoms with E-state index in [9.17, 15) is 18.0 Å². The summed E-state index contributed by atoms with van der Waals surface area (Å²) in [5.41, 5.74) is 0.181. The Kier molecular flexibility index (Phi) is 5.74. The molecule has 0 spiro atoms. The normalized spacial score (nSPS) is 12.4. The maximum absolute atomic E-state index is 12.0. The van der Waals surface area contributed by atoms with E-state index in [1.165, 1.54) is 42.5 Å². The van der Waals surface area contributed by atoms with Gasteiger partial charge in [-0.05, 0) is 42.6 Å². The number of sulfone groups is 1. The van der Waals surface area contributed by atoms with Crippen molar-refractivity contribution in [2.45, 2.75) is 24.5 Å². The zero-order valence-corrected chi connectivity index (χ0v) is 14.8. The van der Waals surface area contributed by atoms with Gasteiger partial charge in [0.05, 0.1) is 17.0 Å². The van der Waals surface area contributed by atoms with Gasteiger partial charge in [-0.1, -0.05) is 6.07 Å². The van der Waals surface area contributed by atoms with Crippen molar-refractivity contribution >= 4 is 33.1 Å². The van der Waals surface area contributed by atoms with E-state index in [1.807, 2.05) is 17.5 Å². The van der Waals surface area contributed by atoms with Gasteiger partial charge in [-0.2, -0.15) is 0 Å². The van der Waals surface area contributed by atoms with Gasteiger partial charge in [0, 0.05) is 11.1 Å². The van der Waals surface area contributed by atoms with Crippen LogP contribution in [0.5, 0.6) is 0 Å². The van der Waals surface area contributed by atoms with E-state index in [2.05, 4.69) is 5.32 Å². The molecule has 2 rings (SSSR count). The maximum atomic E-state index is 12.0. The summed E-state index contributed by atoms with van der Waals surface area (Å²) in [6.45, 7) is 1.86. The van der Waals surface area contributed by atoms with Gasteiger partial charge in [0.2, 0.25) is 0 Å². The Morgan fingerprint density at radius 1 is 1.21 bits per heavy atom. The first kappa shape index (κ1) is 18.2. The summed E-state index contributed by atoms with van der Waals surface area (Å²) in [5.74, 6) is -1.08. The Morgan fingerprint density at radius 3 is 2.42 bits per heavy atom. The van der Waals surface area contributed by atoms with Gasteiger partial charge in [-0.15, -0.1) is 11.3 Å². The number of esters is 1. The number of hydrogen-bond donors (Lipinski definition) is 1. The molecule has 1 heterocycles. The van der Waals surface area contributed by atoms with E-state index >= 15 is 0 Å². The Bertz CT molecular complexity index is 811. The fourth-order valence-corrected chi connectivity index (χ4v) is 3.13. The van der Waals surface area contributed by atoms with Crippen molar-refractivity contribution in [3.63, 3.8) is 0 Å². The van der Waals surface area contributed by atoms with E-state index in [1.54, 1.807) is 0 Å². The van der Waals surface area contributed by atoms with Gasteiger partial charge < -0.3 is 10.1 Å². The third-order valence-electron chi connectivity index (χ3n) is 3.19. The van der Waals surface area contributed by atoms with Crippen molar-refractivity contribution in [3.8, 4) is 0 Å². The summed E-state index contributed by atoms with van der Waals surface area (Å²) in [6, 6.07) is 9.14. The first-order valence-electron chi connectivity index (χ1n) is 7.08. The predicted molar refractivity (Wildman–Crippen MR) is 90.6 cm³/mol. The average molecular weight is 367 g/mol. The van der Waals surface area contributed by atoms with Crippen LogP contribution in [0.25, 0.3) is 0 Å². The number of carbonyl (C=O) groups is 2. The first-order chi connectivity index (χ1) is 11.3. The van der Waals surface area contributed by atoms with Crippen molar-refractivity contribution in [1.82, 2.24) is 5.32 Å². The number of hydrogen-bond acceptors (Lipinski definition) is 6. The molecule has 24 heavy (non-hydrogen) atoms. The highest BCUT2D eigenvalue weighted by Gasteiger charge is 2.19. The largest absolute Gasteiger partial charge is 0.449 e. The van der Waals surface area contributed by atoms with Crippen LogP contribution in [-0.4, -0.2) is 32.7 Å². The molecule has 1 atom stereocenters. The van der Waals surface area contributed by atoms with Crippen LogP contribution in [0.4, 0.5) is 0 Å². The van der Waals surface area contributed by atoms with Crippen molar-refractivity contribution < 1.29 is 22.7 Å². The number of amides is 1. The minimum Gasteiger partial charge on any atom is -0.449 e. The van der Waals surface area contributed by atoms with Crippen LogP contribution in [0.15, 0.2) is 46.7 Å². The fraction of sp³-hybridized carbons (Fsp3) is 0.250. The first-order valence-corrected chi connectivity index (χ1v) is 9.85. The average Bonchev–Trinajstić information content (AvgIpc) is 3.05. The molecule has 0 saturated carbocycles. The third kappa shape index (κ3) is 4.90. The lowest BCUT2D eigenvalue weighted by atomic mass is 10.2. The topological polar surface area (TPSA) is 89.5 Å². The molecule has 0 unspecified atom stereocenters. The maximum Gasteiger partial charge on any atom is 0.338 e. The molecule has 1 amide bonds. The number of ether oxygens (including phenoxy) is 1. The lowest BCUT2D eigenvalue weighted by molar-refractivity contribution is -0.129. The van der Waals surface area contributed by atoms with E-state index in [0.717, 1.165) is 11.1 Å². The molecule has 0 aliphatic carbocycles. The molecule has 128 valence electrons. The van der Waals surface area contributed by atoms with Crippen LogP contribution in [-0.2, 0) is 25.9 Å². The number of benzene rings is 1. The molecule has 1 aromatic carbocycles. The van der Waals surface area contributed by atoms with E-state index in [-0.39, 0.29) is 10.5 Å². The van der Waals surface area contributed by atoms with Crippen LogP contribution in [0.3, 0.4) is 0 Å². The zero-order chi connectivity index (χ0) is 17.7. The van der Waals surface area contributed by atoms with Gasteiger partial charge in [0.25, 0.3) is 5.91 Å². The number of rotatable bonds is 6.